The molecule has 3 saturated heterocycles. The third kappa shape index (κ3) is 3.48. The predicted octanol–water partition coefficient (Wildman–Crippen LogP) is 2.83. The van der Waals surface area contributed by atoms with Crippen LogP contribution in [0.3, 0.4) is 0 Å². The van der Waals surface area contributed by atoms with Crippen LogP contribution in [0.4, 0.5) is 0 Å². The Morgan fingerprint density at radius 3 is 2.75 bits per heavy atom. The van der Waals surface area contributed by atoms with Crippen LogP contribution in [0.1, 0.15) is 29.6 Å². The van der Waals surface area contributed by atoms with Gasteiger partial charge >= 0.3 is 0 Å². The number of rotatable bonds is 4. The van der Waals surface area contributed by atoms with Gasteiger partial charge in [-0.15, -0.1) is 11.8 Å². The molecule has 0 aromatic heterocycles. The summed E-state index contributed by atoms with van der Waals surface area (Å²) in [7, 11) is 0. The maximum atomic E-state index is 12.5. The number of thioether (sulfide) groups is 1. The number of hydrogen-bond donors (Lipinski definition) is 0. The Morgan fingerprint density at radius 1 is 1.25 bits per heavy atom. The highest BCUT2D eigenvalue weighted by molar-refractivity contribution is 8.01. The van der Waals surface area contributed by atoms with Gasteiger partial charge < -0.3 is 14.4 Å². The van der Waals surface area contributed by atoms with Gasteiger partial charge in [-0.05, 0) is 37.3 Å². The molecule has 1 amide bonds. The molecule has 4 rings (SSSR count). The van der Waals surface area contributed by atoms with Crippen molar-refractivity contribution in [1.29, 1.82) is 0 Å². The third-order valence-corrected chi connectivity index (χ3v) is 6.93. The largest absolute Gasteiger partial charge is 0.381 e. The summed E-state index contributed by atoms with van der Waals surface area (Å²) in [4.78, 5) is 14.4. The van der Waals surface area contributed by atoms with Crippen molar-refractivity contribution in [2.45, 2.75) is 30.1 Å². The van der Waals surface area contributed by atoms with Gasteiger partial charge in [0.2, 0.25) is 0 Å². The maximum absolute atomic E-state index is 12.5. The van der Waals surface area contributed by atoms with E-state index in [1.54, 1.807) is 0 Å². The van der Waals surface area contributed by atoms with Crippen molar-refractivity contribution in [2.24, 2.45) is 5.92 Å². The monoisotopic (exact) mass is 347 g/mol. The van der Waals surface area contributed by atoms with E-state index in [9.17, 15) is 4.79 Å². The summed E-state index contributed by atoms with van der Waals surface area (Å²) in [5.74, 6) is 1.89. The van der Waals surface area contributed by atoms with E-state index >= 15 is 0 Å². The summed E-state index contributed by atoms with van der Waals surface area (Å²) >= 11 is 2.00. The summed E-state index contributed by atoms with van der Waals surface area (Å²) in [6.45, 7) is 4.37. The molecule has 0 bridgehead atoms. The van der Waals surface area contributed by atoms with Gasteiger partial charge in [0.25, 0.3) is 5.91 Å². The van der Waals surface area contributed by atoms with Crippen molar-refractivity contribution >= 4 is 17.7 Å². The van der Waals surface area contributed by atoms with Crippen molar-refractivity contribution < 1.29 is 14.3 Å². The summed E-state index contributed by atoms with van der Waals surface area (Å²) in [6, 6.07) is 9.59. The maximum Gasteiger partial charge on any atom is 0.253 e. The van der Waals surface area contributed by atoms with Crippen molar-refractivity contribution in [2.75, 3.05) is 38.7 Å². The van der Waals surface area contributed by atoms with Crippen LogP contribution in [0, 0.1) is 5.92 Å². The van der Waals surface area contributed by atoms with Gasteiger partial charge in [-0.1, -0.05) is 18.2 Å². The summed E-state index contributed by atoms with van der Waals surface area (Å²) < 4.78 is 11.8. The molecule has 3 aliphatic heterocycles. The smallest absolute Gasteiger partial charge is 0.253 e. The second-order valence-electron chi connectivity index (χ2n) is 7.24. The Labute approximate surface area is 147 Å². The lowest BCUT2D eigenvalue weighted by molar-refractivity contribution is -0.0118. The van der Waals surface area contributed by atoms with Crippen molar-refractivity contribution in [3.05, 3.63) is 35.9 Å². The highest BCUT2D eigenvalue weighted by atomic mass is 32.2. The van der Waals surface area contributed by atoms with E-state index in [1.807, 2.05) is 47.0 Å². The van der Waals surface area contributed by atoms with Gasteiger partial charge in [-0.3, -0.25) is 4.79 Å². The molecule has 3 aliphatic rings. The Hall–Kier alpha value is -1.04. The molecule has 0 radical (unpaired) electrons. The minimum absolute atomic E-state index is 0.161. The van der Waals surface area contributed by atoms with Crippen LogP contribution in [0.2, 0.25) is 0 Å². The fourth-order valence-electron chi connectivity index (χ4n) is 3.87. The van der Waals surface area contributed by atoms with Crippen LogP contribution in [0.5, 0.6) is 0 Å². The van der Waals surface area contributed by atoms with Crippen molar-refractivity contribution in [3.8, 4) is 0 Å². The van der Waals surface area contributed by atoms with Gasteiger partial charge in [0.05, 0.1) is 10.9 Å². The fourth-order valence-corrected chi connectivity index (χ4v) is 5.42. The number of carbonyl (C=O) groups is 1. The highest BCUT2D eigenvalue weighted by Crippen LogP contribution is 2.46. The molecule has 3 fully saturated rings. The number of nitrogens with zero attached hydrogens (tertiary/aromatic N) is 1. The van der Waals surface area contributed by atoms with Crippen molar-refractivity contribution in [3.63, 3.8) is 0 Å². The van der Waals surface area contributed by atoms with Gasteiger partial charge in [0.1, 0.15) is 0 Å². The standard InChI is InChI=1S/C19H25NO3S/c21-18(16-4-2-1-3-5-16)20-13-19(14-20)10-17(12-24-19)23-11-15-6-8-22-9-7-15/h1-5,15,17H,6-14H2. The first-order valence-electron chi connectivity index (χ1n) is 8.92. The molecule has 1 atom stereocenters. The van der Waals surface area contributed by atoms with E-state index in [4.69, 9.17) is 9.47 Å². The highest BCUT2D eigenvalue weighted by Gasteiger charge is 2.51. The second kappa shape index (κ2) is 7.06. The number of ether oxygens (including phenoxy) is 2. The SMILES string of the molecule is O=C(c1ccccc1)N1CC2(CC(OCC3CCOCC3)CS2)C1. The lowest BCUT2D eigenvalue weighted by Gasteiger charge is -2.47. The molecule has 1 unspecified atom stereocenters. The Morgan fingerprint density at radius 2 is 2.00 bits per heavy atom. The zero-order chi connectivity index (χ0) is 16.4. The Bertz CT molecular complexity index is 567. The minimum Gasteiger partial charge on any atom is -0.381 e. The van der Waals surface area contributed by atoms with Gasteiger partial charge in [0, 0.05) is 44.2 Å². The third-order valence-electron chi connectivity index (χ3n) is 5.35. The molecule has 130 valence electrons. The topological polar surface area (TPSA) is 38.8 Å². The van der Waals surface area contributed by atoms with E-state index < -0.39 is 0 Å². The first-order chi connectivity index (χ1) is 11.7. The molecule has 1 aromatic rings. The number of likely N-dealkylation sites (tertiary alicyclic amines) is 1. The van der Waals surface area contributed by atoms with E-state index in [0.29, 0.717) is 12.0 Å². The molecule has 1 aromatic carbocycles. The molecule has 1 spiro atoms. The molecule has 0 N–H and O–H groups in total. The molecule has 0 aliphatic carbocycles. The number of benzene rings is 1. The van der Waals surface area contributed by atoms with E-state index in [2.05, 4.69) is 0 Å². The lowest BCUT2D eigenvalue weighted by atomic mass is 9.92. The molecule has 5 heteroatoms. The molecule has 4 nitrogen and oxygen atoms in total. The molecular weight excluding hydrogens is 322 g/mol. The predicted molar refractivity (Wildman–Crippen MR) is 95.4 cm³/mol. The van der Waals surface area contributed by atoms with Crippen molar-refractivity contribution in [1.82, 2.24) is 4.90 Å². The fraction of sp³-hybridized carbons (Fsp3) is 0.632. The molecule has 24 heavy (non-hydrogen) atoms. The van der Waals surface area contributed by atoms with E-state index in [-0.39, 0.29) is 10.7 Å². The minimum atomic E-state index is 0.161. The average Bonchev–Trinajstić information content (AvgIpc) is 3.04. The normalized spacial score (nSPS) is 26.5. The van der Waals surface area contributed by atoms with Crippen LogP contribution in [-0.4, -0.2) is 60.3 Å². The molecule has 3 heterocycles. The van der Waals surface area contributed by atoms with E-state index in [1.165, 1.54) is 0 Å². The zero-order valence-corrected chi connectivity index (χ0v) is 14.8. The molecular formula is C19H25NO3S. The summed E-state index contributed by atoms with van der Waals surface area (Å²) in [5.41, 5.74) is 0.794. The van der Waals surface area contributed by atoms with Gasteiger partial charge in [-0.2, -0.15) is 0 Å². The van der Waals surface area contributed by atoms with Crippen LogP contribution in [0.25, 0.3) is 0 Å². The second-order valence-corrected chi connectivity index (χ2v) is 8.72. The Balaban J connectivity index is 1.23. The lowest BCUT2D eigenvalue weighted by Crippen LogP contribution is -2.60. The van der Waals surface area contributed by atoms with Crippen LogP contribution >= 0.6 is 11.8 Å². The number of hydrogen-bond acceptors (Lipinski definition) is 4. The number of carbonyl (C=O) groups excluding carboxylic acids is 1. The first-order valence-corrected chi connectivity index (χ1v) is 9.90. The van der Waals surface area contributed by atoms with Gasteiger partial charge in [-0.25, -0.2) is 0 Å². The van der Waals surface area contributed by atoms with Crippen LogP contribution in [0.15, 0.2) is 30.3 Å². The number of amides is 1. The Kier molecular flexibility index (Phi) is 4.83. The first kappa shape index (κ1) is 16.4. The van der Waals surface area contributed by atoms with Crippen LogP contribution < -0.4 is 0 Å². The zero-order valence-electron chi connectivity index (χ0n) is 14.0. The van der Waals surface area contributed by atoms with Gasteiger partial charge in [0.15, 0.2) is 0 Å². The van der Waals surface area contributed by atoms with E-state index in [0.717, 1.165) is 63.5 Å². The summed E-state index contributed by atoms with van der Waals surface area (Å²) in [5, 5.41) is 0. The summed E-state index contributed by atoms with van der Waals surface area (Å²) in [6.07, 6.45) is 3.69. The quantitative estimate of drug-likeness (QED) is 0.840. The molecule has 0 saturated carbocycles. The van der Waals surface area contributed by atoms with Crippen LogP contribution in [-0.2, 0) is 9.47 Å². The average molecular weight is 347 g/mol.